The number of anilines is 1. The Kier molecular flexibility index (Phi) is 7.22. The van der Waals surface area contributed by atoms with Crippen LogP contribution in [0.4, 0.5) is 11.4 Å². The average molecular weight is 479 g/mol. The summed E-state index contributed by atoms with van der Waals surface area (Å²) >= 11 is 0. The lowest BCUT2D eigenvalue weighted by Gasteiger charge is -2.13. The highest BCUT2D eigenvalue weighted by molar-refractivity contribution is 6.10. The van der Waals surface area contributed by atoms with E-state index in [4.69, 9.17) is 9.47 Å². The molecule has 0 spiro atoms. The fourth-order valence-corrected chi connectivity index (χ4v) is 3.71. The number of ether oxygens (including phenoxy) is 2. The summed E-state index contributed by atoms with van der Waals surface area (Å²) in [5.74, 6) is 0.173. The highest BCUT2D eigenvalue weighted by Gasteiger charge is 2.17. The summed E-state index contributed by atoms with van der Waals surface area (Å²) in [6, 6.07) is 26.6. The third kappa shape index (κ3) is 5.32. The molecule has 8 nitrogen and oxygen atoms in total. The van der Waals surface area contributed by atoms with E-state index in [0.29, 0.717) is 17.1 Å². The Labute approximate surface area is 207 Å². The van der Waals surface area contributed by atoms with E-state index in [1.807, 2.05) is 48.5 Å². The van der Waals surface area contributed by atoms with E-state index in [0.717, 1.165) is 16.3 Å². The van der Waals surface area contributed by atoms with Gasteiger partial charge in [0.25, 0.3) is 11.6 Å². The van der Waals surface area contributed by atoms with E-state index in [2.05, 4.69) is 5.32 Å². The van der Waals surface area contributed by atoms with Gasteiger partial charge in [-0.2, -0.15) is 5.26 Å². The number of hydrogen-bond donors (Lipinski definition) is 1. The Bertz CT molecular complexity index is 1520. The predicted molar refractivity (Wildman–Crippen MR) is 137 cm³/mol. The van der Waals surface area contributed by atoms with Gasteiger partial charge in [-0.1, -0.05) is 60.7 Å². The molecule has 8 heteroatoms. The van der Waals surface area contributed by atoms with E-state index in [1.165, 1.54) is 31.4 Å². The summed E-state index contributed by atoms with van der Waals surface area (Å²) in [4.78, 5) is 23.3. The number of nitro benzene ring substituents is 1. The first-order valence-corrected chi connectivity index (χ1v) is 10.9. The SMILES string of the molecule is COc1ccc(C=C(C#N)C(=O)Nc2ccccc2[N+](=O)[O-])cc1OCc1cccc2ccccc12. The number of carbonyl (C=O) groups excluding carboxylic acids is 1. The van der Waals surface area contributed by atoms with Gasteiger partial charge in [0.15, 0.2) is 11.5 Å². The van der Waals surface area contributed by atoms with Crippen molar-refractivity contribution in [1.29, 1.82) is 5.26 Å². The van der Waals surface area contributed by atoms with Crippen LogP contribution in [0.3, 0.4) is 0 Å². The average Bonchev–Trinajstić information content (AvgIpc) is 2.90. The number of nitrogens with one attached hydrogen (secondary N) is 1. The Morgan fingerprint density at radius 1 is 1.03 bits per heavy atom. The highest BCUT2D eigenvalue weighted by Crippen LogP contribution is 2.31. The van der Waals surface area contributed by atoms with Gasteiger partial charge in [-0.25, -0.2) is 0 Å². The molecule has 0 unspecified atom stereocenters. The van der Waals surface area contributed by atoms with Crippen LogP contribution in [0.2, 0.25) is 0 Å². The lowest BCUT2D eigenvalue weighted by Crippen LogP contribution is -2.14. The van der Waals surface area contributed by atoms with Crippen molar-refractivity contribution >= 4 is 34.1 Å². The lowest BCUT2D eigenvalue weighted by atomic mass is 10.1. The van der Waals surface area contributed by atoms with Gasteiger partial charge in [-0.05, 0) is 46.2 Å². The number of hydrogen-bond acceptors (Lipinski definition) is 6. The maximum Gasteiger partial charge on any atom is 0.292 e. The van der Waals surface area contributed by atoms with Crippen molar-refractivity contribution in [3.8, 4) is 17.6 Å². The molecule has 0 radical (unpaired) electrons. The Morgan fingerprint density at radius 2 is 1.78 bits per heavy atom. The predicted octanol–water partition coefficient (Wildman–Crippen LogP) is 5.88. The maximum atomic E-state index is 12.7. The first kappa shape index (κ1) is 24.0. The lowest BCUT2D eigenvalue weighted by molar-refractivity contribution is -0.383. The number of nitriles is 1. The normalized spacial score (nSPS) is 10.9. The smallest absolute Gasteiger partial charge is 0.292 e. The number of fused-ring (bicyclic) bond motifs is 1. The molecule has 36 heavy (non-hydrogen) atoms. The molecule has 0 fully saturated rings. The van der Waals surface area contributed by atoms with Gasteiger partial charge < -0.3 is 14.8 Å². The topological polar surface area (TPSA) is 114 Å². The molecule has 0 bridgehead atoms. The maximum absolute atomic E-state index is 12.7. The van der Waals surface area contributed by atoms with Crippen LogP contribution in [0.25, 0.3) is 16.8 Å². The second kappa shape index (κ2) is 10.8. The molecule has 4 aromatic carbocycles. The quantitative estimate of drug-likeness (QED) is 0.146. The fourth-order valence-electron chi connectivity index (χ4n) is 3.71. The van der Waals surface area contributed by atoms with Crippen LogP contribution in [0, 0.1) is 21.4 Å². The monoisotopic (exact) mass is 479 g/mol. The second-order valence-electron chi connectivity index (χ2n) is 7.74. The number of amides is 1. The molecule has 0 aliphatic carbocycles. The minimum atomic E-state index is -0.763. The first-order valence-electron chi connectivity index (χ1n) is 10.9. The van der Waals surface area contributed by atoms with Gasteiger partial charge >= 0.3 is 0 Å². The standard InChI is InChI=1S/C28H21N3O5/c1-35-26-14-13-19(15-22(17-29)28(32)30-24-11-4-5-12-25(24)31(33)34)16-27(26)36-18-21-9-6-8-20-7-2-3-10-23(20)21/h2-16H,18H2,1H3,(H,30,32). The number of rotatable bonds is 8. The van der Waals surface area contributed by atoms with E-state index in [1.54, 1.807) is 24.3 Å². The molecule has 0 aliphatic heterocycles. The van der Waals surface area contributed by atoms with Crippen molar-refractivity contribution in [2.75, 3.05) is 12.4 Å². The van der Waals surface area contributed by atoms with E-state index < -0.39 is 10.8 Å². The number of para-hydroxylation sites is 2. The number of carbonyl (C=O) groups is 1. The van der Waals surface area contributed by atoms with Gasteiger partial charge in [0.1, 0.15) is 23.9 Å². The van der Waals surface area contributed by atoms with Crippen molar-refractivity contribution in [3.63, 3.8) is 0 Å². The molecule has 0 saturated carbocycles. The van der Waals surface area contributed by atoms with E-state index >= 15 is 0 Å². The van der Waals surface area contributed by atoms with Gasteiger partial charge in [-0.3, -0.25) is 14.9 Å². The minimum Gasteiger partial charge on any atom is -0.493 e. The number of benzene rings is 4. The Morgan fingerprint density at radius 3 is 2.56 bits per heavy atom. The number of nitro groups is 1. The molecule has 4 rings (SSSR count). The Hall–Kier alpha value is -5.16. The molecule has 178 valence electrons. The zero-order chi connectivity index (χ0) is 25.5. The zero-order valence-corrected chi connectivity index (χ0v) is 19.3. The van der Waals surface area contributed by atoms with Gasteiger partial charge in [0, 0.05) is 6.07 Å². The van der Waals surface area contributed by atoms with Crippen molar-refractivity contribution < 1.29 is 19.2 Å². The molecule has 0 saturated heterocycles. The van der Waals surface area contributed by atoms with Crippen LogP contribution in [0.5, 0.6) is 11.5 Å². The molecule has 0 aliphatic rings. The molecule has 1 amide bonds. The first-order chi connectivity index (χ1) is 17.5. The molecule has 1 N–H and O–H groups in total. The van der Waals surface area contributed by atoms with Crippen LogP contribution in [0.15, 0.2) is 90.5 Å². The van der Waals surface area contributed by atoms with E-state index in [9.17, 15) is 20.2 Å². The van der Waals surface area contributed by atoms with Crippen LogP contribution in [-0.4, -0.2) is 17.9 Å². The van der Waals surface area contributed by atoms with Gasteiger partial charge in [0.05, 0.1) is 12.0 Å². The summed E-state index contributed by atoms with van der Waals surface area (Å²) < 4.78 is 11.5. The van der Waals surface area contributed by atoms with Crippen molar-refractivity contribution in [2.24, 2.45) is 0 Å². The third-order valence-electron chi connectivity index (χ3n) is 5.48. The van der Waals surface area contributed by atoms with Crippen LogP contribution >= 0.6 is 0 Å². The summed E-state index contributed by atoms with van der Waals surface area (Å²) in [6.45, 7) is 0.286. The van der Waals surface area contributed by atoms with Crippen molar-refractivity contribution in [3.05, 3.63) is 112 Å². The molecule has 0 aromatic heterocycles. The van der Waals surface area contributed by atoms with Crippen LogP contribution < -0.4 is 14.8 Å². The van der Waals surface area contributed by atoms with Crippen molar-refractivity contribution in [1.82, 2.24) is 0 Å². The molecular formula is C28H21N3O5. The highest BCUT2D eigenvalue weighted by atomic mass is 16.6. The summed E-state index contributed by atoms with van der Waals surface area (Å²) in [5, 5.41) is 25.4. The third-order valence-corrected chi connectivity index (χ3v) is 5.48. The van der Waals surface area contributed by atoms with Gasteiger partial charge in [-0.15, -0.1) is 0 Å². The fraction of sp³-hybridized carbons (Fsp3) is 0.0714. The van der Waals surface area contributed by atoms with Crippen LogP contribution in [-0.2, 0) is 11.4 Å². The molecule has 4 aromatic rings. The summed E-state index contributed by atoms with van der Waals surface area (Å²) in [7, 11) is 1.52. The summed E-state index contributed by atoms with van der Waals surface area (Å²) in [6.07, 6.45) is 1.38. The largest absolute Gasteiger partial charge is 0.493 e. The zero-order valence-electron chi connectivity index (χ0n) is 19.3. The summed E-state index contributed by atoms with van der Waals surface area (Å²) in [5.41, 5.74) is 1.04. The molecule has 0 atom stereocenters. The Balaban J connectivity index is 1.58. The van der Waals surface area contributed by atoms with Crippen molar-refractivity contribution in [2.45, 2.75) is 6.61 Å². The molecule has 0 heterocycles. The van der Waals surface area contributed by atoms with Gasteiger partial charge in [0.2, 0.25) is 0 Å². The second-order valence-corrected chi connectivity index (χ2v) is 7.74. The van der Waals surface area contributed by atoms with Crippen LogP contribution in [0.1, 0.15) is 11.1 Å². The molecular weight excluding hydrogens is 458 g/mol. The number of methoxy groups -OCH3 is 1. The minimum absolute atomic E-state index is 0.00231. The number of nitrogens with zero attached hydrogens (tertiary/aromatic N) is 2. The van der Waals surface area contributed by atoms with E-state index in [-0.39, 0.29) is 23.6 Å².